The molecule has 1 aliphatic rings. The maximum absolute atomic E-state index is 6.12. The Morgan fingerprint density at radius 2 is 2.27 bits per heavy atom. The van der Waals surface area contributed by atoms with E-state index >= 15 is 0 Å². The van der Waals surface area contributed by atoms with Crippen LogP contribution in [0.2, 0.25) is 0 Å². The summed E-state index contributed by atoms with van der Waals surface area (Å²) in [6.45, 7) is 0. The molecule has 0 amide bonds. The van der Waals surface area contributed by atoms with Gasteiger partial charge in [0.25, 0.3) is 0 Å². The minimum absolute atomic E-state index is 0.298. The highest BCUT2D eigenvalue weighted by Crippen LogP contribution is 2.30. The van der Waals surface area contributed by atoms with E-state index in [2.05, 4.69) is 27.0 Å². The molecule has 1 aromatic rings. The number of rotatable bonds is 4. The lowest BCUT2D eigenvalue weighted by atomic mass is 9.80. The highest BCUT2D eigenvalue weighted by atomic mass is 79.9. The van der Waals surface area contributed by atoms with E-state index in [4.69, 9.17) is 5.73 Å². The molecule has 1 unspecified atom stereocenters. The number of hydrogen-bond donors (Lipinski definition) is 1. The van der Waals surface area contributed by atoms with E-state index in [9.17, 15) is 0 Å². The summed E-state index contributed by atoms with van der Waals surface area (Å²) in [5, 5.41) is 0. The summed E-state index contributed by atoms with van der Waals surface area (Å²) in [7, 11) is 0. The van der Waals surface area contributed by atoms with Gasteiger partial charge in [-0.05, 0) is 46.3 Å². The smallest absolute Gasteiger partial charge is 0.0410 e. The van der Waals surface area contributed by atoms with Gasteiger partial charge in [-0.2, -0.15) is 0 Å². The first-order valence-corrected chi connectivity index (χ1v) is 6.38. The maximum atomic E-state index is 6.12. The summed E-state index contributed by atoms with van der Waals surface area (Å²) < 4.78 is 1.04. The predicted octanol–water partition coefficient (Wildman–Crippen LogP) is 2.90. The summed E-state index contributed by atoms with van der Waals surface area (Å²) in [5.41, 5.74) is 7.36. The minimum Gasteiger partial charge on any atom is -0.327 e. The van der Waals surface area contributed by atoms with Crippen molar-refractivity contribution in [3.8, 4) is 0 Å². The van der Waals surface area contributed by atoms with Crippen LogP contribution in [0.5, 0.6) is 0 Å². The number of nitrogens with zero attached hydrogens (tertiary/aromatic N) is 1. The molecule has 1 aliphatic carbocycles. The van der Waals surface area contributed by atoms with Crippen molar-refractivity contribution >= 4 is 15.9 Å². The standard InChI is InChI=1S/C12H17BrN2/c13-11-4-10(7-15-8-11)6-12(14)5-9-2-1-3-9/h4,7-9,12H,1-3,5-6,14H2. The first-order valence-electron chi connectivity index (χ1n) is 5.59. The molecule has 0 saturated heterocycles. The van der Waals surface area contributed by atoms with Crippen molar-refractivity contribution in [3.63, 3.8) is 0 Å². The summed E-state index contributed by atoms with van der Waals surface area (Å²) in [5.74, 6) is 0.889. The second kappa shape index (κ2) is 5.08. The zero-order valence-corrected chi connectivity index (χ0v) is 10.4. The van der Waals surface area contributed by atoms with Crippen molar-refractivity contribution in [2.45, 2.75) is 38.1 Å². The molecule has 1 aromatic heterocycles. The molecule has 0 spiro atoms. The SMILES string of the molecule is NC(Cc1cncc(Br)c1)CC1CCC1. The van der Waals surface area contributed by atoms with Crippen LogP contribution in [0.25, 0.3) is 0 Å². The third kappa shape index (κ3) is 3.28. The summed E-state index contributed by atoms with van der Waals surface area (Å²) in [6.07, 6.45) is 9.99. The molecular weight excluding hydrogens is 252 g/mol. The van der Waals surface area contributed by atoms with Crippen LogP contribution in [-0.4, -0.2) is 11.0 Å². The third-order valence-corrected chi connectivity index (χ3v) is 3.55. The molecule has 1 heterocycles. The monoisotopic (exact) mass is 268 g/mol. The Morgan fingerprint density at radius 3 is 2.87 bits per heavy atom. The van der Waals surface area contributed by atoms with Gasteiger partial charge in [-0.15, -0.1) is 0 Å². The Bertz CT molecular complexity index is 323. The van der Waals surface area contributed by atoms with Gasteiger partial charge in [0.1, 0.15) is 0 Å². The van der Waals surface area contributed by atoms with Crippen LogP contribution < -0.4 is 5.73 Å². The van der Waals surface area contributed by atoms with Crippen LogP contribution in [0.15, 0.2) is 22.9 Å². The van der Waals surface area contributed by atoms with E-state index in [0.29, 0.717) is 6.04 Å². The number of halogens is 1. The van der Waals surface area contributed by atoms with E-state index in [1.807, 2.05) is 6.20 Å². The van der Waals surface area contributed by atoms with Gasteiger partial charge in [0.2, 0.25) is 0 Å². The molecule has 0 radical (unpaired) electrons. The van der Waals surface area contributed by atoms with Crippen LogP contribution in [0.1, 0.15) is 31.2 Å². The normalized spacial score (nSPS) is 18.5. The van der Waals surface area contributed by atoms with Gasteiger partial charge in [0.15, 0.2) is 0 Å². The fourth-order valence-electron chi connectivity index (χ4n) is 2.11. The van der Waals surface area contributed by atoms with Crippen molar-refractivity contribution < 1.29 is 0 Å². The molecule has 2 rings (SSSR count). The van der Waals surface area contributed by atoms with E-state index < -0.39 is 0 Å². The molecule has 3 heteroatoms. The van der Waals surface area contributed by atoms with E-state index in [1.54, 1.807) is 6.20 Å². The summed E-state index contributed by atoms with van der Waals surface area (Å²) in [4.78, 5) is 4.15. The average Bonchev–Trinajstić information content (AvgIpc) is 2.11. The Kier molecular flexibility index (Phi) is 3.76. The average molecular weight is 269 g/mol. The molecule has 15 heavy (non-hydrogen) atoms. The highest BCUT2D eigenvalue weighted by molar-refractivity contribution is 9.10. The number of pyridine rings is 1. The molecule has 2 N–H and O–H groups in total. The van der Waals surface area contributed by atoms with Gasteiger partial charge < -0.3 is 5.73 Å². The molecule has 0 aliphatic heterocycles. The van der Waals surface area contributed by atoms with E-state index in [0.717, 1.165) is 16.8 Å². The van der Waals surface area contributed by atoms with Gasteiger partial charge >= 0.3 is 0 Å². The van der Waals surface area contributed by atoms with Crippen LogP contribution >= 0.6 is 15.9 Å². The molecule has 1 saturated carbocycles. The molecular formula is C12H17BrN2. The second-order valence-corrected chi connectivity index (χ2v) is 5.42. The van der Waals surface area contributed by atoms with Crippen molar-refractivity contribution in [3.05, 3.63) is 28.5 Å². The lowest BCUT2D eigenvalue weighted by molar-refractivity contribution is 0.275. The number of aromatic nitrogens is 1. The van der Waals surface area contributed by atoms with Gasteiger partial charge in [-0.25, -0.2) is 0 Å². The minimum atomic E-state index is 0.298. The Hall–Kier alpha value is -0.410. The largest absolute Gasteiger partial charge is 0.327 e. The lowest BCUT2D eigenvalue weighted by Gasteiger charge is -2.28. The van der Waals surface area contributed by atoms with Gasteiger partial charge in [-0.3, -0.25) is 4.98 Å². The first-order chi connectivity index (χ1) is 7.24. The molecule has 0 bridgehead atoms. The van der Waals surface area contributed by atoms with Crippen molar-refractivity contribution in [1.82, 2.24) is 4.98 Å². The van der Waals surface area contributed by atoms with Crippen molar-refractivity contribution in [1.29, 1.82) is 0 Å². The third-order valence-electron chi connectivity index (χ3n) is 3.12. The van der Waals surface area contributed by atoms with E-state index in [1.165, 1.54) is 31.2 Å². The quantitative estimate of drug-likeness (QED) is 0.912. The molecule has 2 nitrogen and oxygen atoms in total. The molecule has 0 aromatic carbocycles. The second-order valence-electron chi connectivity index (χ2n) is 4.51. The van der Waals surface area contributed by atoms with Crippen LogP contribution in [0, 0.1) is 5.92 Å². The highest BCUT2D eigenvalue weighted by Gasteiger charge is 2.20. The van der Waals surface area contributed by atoms with Crippen LogP contribution in [-0.2, 0) is 6.42 Å². The maximum Gasteiger partial charge on any atom is 0.0410 e. The van der Waals surface area contributed by atoms with Gasteiger partial charge in [0, 0.05) is 22.9 Å². The van der Waals surface area contributed by atoms with Crippen molar-refractivity contribution in [2.75, 3.05) is 0 Å². The van der Waals surface area contributed by atoms with Gasteiger partial charge in [0.05, 0.1) is 0 Å². The zero-order chi connectivity index (χ0) is 10.7. The predicted molar refractivity (Wildman–Crippen MR) is 65.6 cm³/mol. The fraction of sp³-hybridized carbons (Fsp3) is 0.583. The first kappa shape index (κ1) is 11.1. The zero-order valence-electron chi connectivity index (χ0n) is 8.82. The Morgan fingerprint density at radius 1 is 1.47 bits per heavy atom. The Labute approximate surface area is 99.4 Å². The van der Waals surface area contributed by atoms with Gasteiger partial charge in [-0.1, -0.05) is 19.3 Å². The molecule has 82 valence electrons. The topological polar surface area (TPSA) is 38.9 Å². The summed E-state index contributed by atoms with van der Waals surface area (Å²) in [6, 6.07) is 2.40. The number of nitrogens with two attached hydrogens (primary N) is 1. The number of hydrogen-bond acceptors (Lipinski definition) is 2. The van der Waals surface area contributed by atoms with E-state index in [-0.39, 0.29) is 0 Å². The van der Waals surface area contributed by atoms with Crippen LogP contribution in [0.3, 0.4) is 0 Å². The molecule has 1 fully saturated rings. The van der Waals surface area contributed by atoms with Crippen molar-refractivity contribution in [2.24, 2.45) is 11.7 Å². The van der Waals surface area contributed by atoms with Crippen LogP contribution in [0.4, 0.5) is 0 Å². The molecule has 1 atom stereocenters. The fourth-order valence-corrected chi connectivity index (χ4v) is 2.52. The summed E-state index contributed by atoms with van der Waals surface area (Å²) >= 11 is 3.42. The lowest BCUT2D eigenvalue weighted by Crippen LogP contribution is -2.28. The Balaban J connectivity index is 1.84.